The smallest absolute Gasteiger partial charge is 0.268 e. The highest BCUT2D eigenvalue weighted by atomic mass is 16.7. The highest BCUT2D eigenvalue weighted by Crippen LogP contribution is 2.08. The van der Waals surface area contributed by atoms with Gasteiger partial charge in [-0.2, -0.15) is 0 Å². The fourth-order valence-corrected chi connectivity index (χ4v) is 2.07. The molecule has 2 rings (SSSR count). The first-order chi connectivity index (χ1) is 10.2. The highest BCUT2D eigenvalue weighted by molar-refractivity contribution is 5.92. The summed E-state index contributed by atoms with van der Waals surface area (Å²) < 4.78 is 12.0. The molecule has 1 amide bonds. The highest BCUT2D eigenvalue weighted by Gasteiger charge is 2.13. The summed E-state index contributed by atoms with van der Waals surface area (Å²) in [5, 5.41) is 2.80. The van der Waals surface area contributed by atoms with Crippen LogP contribution in [-0.4, -0.2) is 37.5 Å². The molecule has 0 saturated heterocycles. The van der Waals surface area contributed by atoms with E-state index >= 15 is 0 Å². The van der Waals surface area contributed by atoms with Crippen molar-refractivity contribution < 1.29 is 14.3 Å². The zero-order valence-electron chi connectivity index (χ0n) is 12.3. The van der Waals surface area contributed by atoms with E-state index in [2.05, 4.69) is 5.32 Å². The van der Waals surface area contributed by atoms with Crippen molar-refractivity contribution in [3.63, 3.8) is 0 Å². The first kappa shape index (κ1) is 15.3. The molecule has 0 saturated carbocycles. The molecular weight excluding hydrogens is 268 g/mol. The number of rotatable bonds is 7. The van der Waals surface area contributed by atoms with Gasteiger partial charge >= 0.3 is 0 Å². The lowest BCUT2D eigenvalue weighted by Gasteiger charge is -2.15. The number of hydrogen-bond donors (Lipinski definition) is 1. The molecular formula is C16H20N2O3. The summed E-state index contributed by atoms with van der Waals surface area (Å²) in [6.07, 6.45) is 1.46. The third kappa shape index (κ3) is 4.18. The van der Waals surface area contributed by atoms with Gasteiger partial charge in [0.25, 0.3) is 5.91 Å². The molecule has 0 bridgehead atoms. The molecule has 1 aromatic heterocycles. The molecule has 1 N–H and O–H groups in total. The molecule has 0 unspecified atom stereocenters. The van der Waals surface area contributed by atoms with Crippen LogP contribution in [0.2, 0.25) is 0 Å². The van der Waals surface area contributed by atoms with Crippen LogP contribution in [0.15, 0.2) is 48.7 Å². The molecule has 0 fully saturated rings. The minimum absolute atomic E-state index is 0.143. The van der Waals surface area contributed by atoms with Crippen LogP contribution in [0.4, 0.5) is 0 Å². The van der Waals surface area contributed by atoms with Crippen molar-refractivity contribution in [3.8, 4) is 0 Å². The van der Waals surface area contributed by atoms with E-state index in [1.807, 2.05) is 47.2 Å². The van der Waals surface area contributed by atoms with Crippen molar-refractivity contribution in [2.24, 2.45) is 0 Å². The zero-order chi connectivity index (χ0) is 15.1. The molecule has 5 nitrogen and oxygen atoms in total. The molecule has 5 heteroatoms. The number of nitrogens with one attached hydrogen (secondary N) is 1. The van der Waals surface area contributed by atoms with E-state index < -0.39 is 6.29 Å². The second kappa shape index (κ2) is 7.61. The maximum absolute atomic E-state index is 12.2. The summed E-state index contributed by atoms with van der Waals surface area (Å²) in [7, 11) is 3.08. The van der Waals surface area contributed by atoms with E-state index in [0.717, 1.165) is 5.56 Å². The number of carbonyl (C=O) groups is 1. The molecule has 0 aliphatic heterocycles. The number of amides is 1. The van der Waals surface area contributed by atoms with Crippen molar-refractivity contribution in [2.45, 2.75) is 12.8 Å². The third-order valence-corrected chi connectivity index (χ3v) is 3.21. The third-order valence-electron chi connectivity index (χ3n) is 3.21. The van der Waals surface area contributed by atoms with Crippen molar-refractivity contribution in [2.75, 3.05) is 20.8 Å². The summed E-state index contributed by atoms with van der Waals surface area (Å²) >= 11 is 0. The molecule has 1 heterocycles. The molecule has 0 aliphatic rings. The number of aromatic nitrogens is 1. The Morgan fingerprint density at radius 3 is 2.52 bits per heavy atom. The van der Waals surface area contributed by atoms with Crippen LogP contribution in [0.5, 0.6) is 0 Å². The fraction of sp³-hybridized carbons (Fsp3) is 0.312. The first-order valence-electron chi connectivity index (χ1n) is 6.77. The topological polar surface area (TPSA) is 52.5 Å². The molecule has 0 radical (unpaired) electrons. The molecule has 2 aromatic rings. The molecule has 21 heavy (non-hydrogen) atoms. The van der Waals surface area contributed by atoms with Crippen LogP contribution in [0.25, 0.3) is 0 Å². The average Bonchev–Trinajstić information content (AvgIpc) is 2.97. The van der Waals surface area contributed by atoms with Crippen LogP contribution in [0.1, 0.15) is 16.1 Å². The van der Waals surface area contributed by atoms with Crippen molar-refractivity contribution >= 4 is 5.91 Å². The molecule has 0 atom stereocenters. The van der Waals surface area contributed by atoms with Gasteiger partial charge in [0.15, 0.2) is 6.29 Å². The molecule has 0 spiro atoms. The van der Waals surface area contributed by atoms with Crippen molar-refractivity contribution in [1.29, 1.82) is 0 Å². The summed E-state index contributed by atoms with van der Waals surface area (Å²) in [4.78, 5) is 12.2. The van der Waals surface area contributed by atoms with Crippen LogP contribution >= 0.6 is 0 Å². The Morgan fingerprint density at radius 1 is 1.14 bits per heavy atom. The molecule has 1 aromatic carbocycles. The SMILES string of the molecule is COC(CNC(=O)c1cccn1Cc1ccccc1)OC. The number of hydrogen-bond acceptors (Lipinski definition) is 3. The standard InChI is InChI=1S/C16H20N2O3/c1-20-15(21-2)11-17-16(19)14-9-6-10-18(14)12-13-7-4-3-5-8-13/h3-10,15H,11-12H2,1-2H3,(H,17,19). The van der Waals surface area contributed by atoms with Gasteiger partial charge in [-0.15, -0.1) is 0 Å². The minimum Gasteiger partial charge on any atom is -0.354 e. The first-order valence-corrected chi connectivity index (χ1v) is 6.77. The van der Waals surface area contributed by atoms with E-state index in [9.17, 15) is 4.79 Å². The lowest BCUT2D eigenvalue weighted by atomic mass is 10.2. The van der Waals surface area contributed by atoms with E-state index in [1.165, 1.54) is 0 Å². The van der Waals surface area contributed by atoms with Gasteiger partial charge in [-0.05, 0) is 17.7 Å². The largest absolute Gasteiger partial charge is 0.354 e. The lowest BCUT2D eigenvalue weighted by molar-refractivity contribution is -0.0974. The Labute approximate surface area is 124 Å². The predicted octanol–water partition coefficient (Wildman–Crippen LogP) is 1.89. The van der Waals surface area contributed by atoms with Crippen LogP contribution in [0.3, 0.4) is 0 Å². The summed E-state index contributed by atoms with van der Waals surface area (Å²) in [6, 6.07) is 13.7. The summed E-state index contributed by atoms with van der Waals surface area (Å²) in [5.74, 6) is -0.143. The van der Waals surface area contributed by atoms with Gasteiger partial charge in [-0.1, -0.05) is 30.3 Å². The Morgan fingerprint density at radius 2 is 1.86 bits per heavy atom. The van der Waals surface area contributed by atoms with Gasteiger partial charge < -0.3 is 19.4 Å². The Hall–Kier alpha value is -2.11. The van der Waals surface area contributed by atoms with E-state index in [0.29, 0.717) is 18.8 Å². The lowest BCUT2D eigenvalue weighted by Crippen LogP contribution is -2.35. The van der Waals surface area contributed by atoms with Crippen molar-refractivity contribution in [1.82, 2.24) is 9.88 Å². The van der Waals surface area contributed by atoms with Crippen LogP contribution in [0, 0.1) is 0 Å². The summed E-state index contributed by atoms with van der Waals surface area (Å²) in [5.41, 5.74) is 1.76. The zero-order valence-corrected chi connectivity index (χ0v) is 12.3. The number of methoxy groups -OCH3 is 2. The van der Waals surface area contributed by atoms with Gasteiger partial charge in [0.2, 0.25) is 0 Å². The van der Waals surface area contributed by atoms with Gasteiger partial charge in [-0.3, -0.25) is 4.79 Å². The van der Waals surface area contributed by atoms with Gasteiger partial charge in [0, 0.05) is 27.0 Å². The van der Waals surface area contributed by atoms with E-state index in [-0.39, 0.29) is 5.91 Å². The number of carbonyl (C=O) groups excluding carboxylic acids is 1. The Bertz CT molecular complexity index is 562. The molecule has 0 aliphatic carbocycles. The fourth-order valence-electron chi connectivity index (χ4n) is 2.07. The molecule has 112 valence electrons. The van der Waals surface area contributed by atoms with Crippen LogP contribution in [-0.2, 0) is 16.0 Å². The normalized spacial score (nSPS) is 10.8. The minimum atomic E-state index is -0.438. The van der Waals surface area contributed by atoms with Gasteiger partial charge in [-0.25, -0.2) is 0 Å². The monoisotopic (exact) mass is 288 g/mol. The maximum atomic E-state index is 12.2. The van der Waals surface area contributed by atoms with E-state index in [4.69, 9.17) is 9.47 Å². The van der Waals surface area contributed by atoms with E-state index in [1.54, 1.807) is 20.3 Å². The Kier molecular flexibility index (Phi) is 5.54. The summed E-state index contributed by atoms with van der Waals surface area (Å²) in [6.45, 7) is 0.969. The van der Waals surface area contributed by atoms with Gasteiger partial charge in [0.05, 0.1) is 6.54 Å². The number of ether oxygens (including phenoxy) is 2. The second-order valence-electron chi connectivity index (χ2n) is 4.62. The van der Waals surface area contributed by atoms with Crippen LogP contribution < -0.4 is 5.32 Å². The maximum Gasteiger partial charge on any atom is 0.268 e. The van der Waals surface area contributed by atoms with Gasteiger partial charge in [0.1, 0.15) is 5.69 Å². The average molecular weight is 288 g/mol. The van der Waals surface area contributed by atoms with Crippen molar-refractivity contribution in [3.05, 3.63) is 59.9 Å². The quantitative estimate of drug-likeness (QED) is 0.792. The Balaban J connectivity index is 2.01. The second-order valence-corrected chi connectivity index (χ2v) is 4.62. The predicted molar refractivity (Wildman–Crippen MR) is 80.1 cm³/mol. The number of nitrogens with zero attached hydrogens (tertiary/aromatic N) is 1. The number of benzene rings is 1.